The zero-order chi connectivity index (χ0) is 31.9. The van der Waals surface area contributed by atoms with E-state index in [-0.39, 0.29) is 31.0 Å². The molecule has 13 heteroatoms. The molecule has 0 radical (unpaired) electrons. The second-order valence-corrected chi connectivity index (χ2v) is 17.1. The Bertz CT molecular complexity index is 1560. The molecule has 10 nitrogen and oxygen atoms in total. The van der Waals surface area contributed by atoms with Crippen LogP contribution in [0.25, 0.3) is 0 Å². The first kappa shape index (κ1) is 31.8. The maximum Gasteiger partial charge on any atom is 0.264 e. The Morgan fingerprint density at radius 3 is 2.73 bits per heavy atom. The van der Waals surface area contributed by atoms with Gasteiger partial charge in [-0.2, -0.15) is 0 Å². The van der Waals surface area contributed by atoms with Gasteiger partial charge in [0.2, 0.25) is 14.3 Å². The van der Waals surface area contributed by atoms with Crippen LogP contribution in [-0.2, 0) is 39.4 Å². The minimum Gasteiger partial charge on any atom is -0.396 e. The van der Waals surface area contributed by atoms with Gasteiger partial charge in [-0.1, -0.05) is 35.9 Å². The monoisotopic (exact) mass is 654 g/mol. The van der Waals surface area contributed by atoms with E-state index in [1.807, 2.05) is 37.3 Å². The summed E-state index contributed by atoms with van der Waals surface area (Å²) in [6.07, 6.45) is 3.92. The third-order valence-electron chi connectivity index (χ3n) is 9.46. The molecule has 2 aromatic carbocycles. The van der Waals surface area contributed by atoms with Gasteiger partial charge in [-0.05, 0) is 74.8 Å². The number of nitrogens with zero attached hydrogens (tertiary/aromatic N) is 4. The van der Waals surface area contributed by atoms with Gasteiger partial charge in [0, 0.05) is 53.5 Å². The lowest BCUT2D eigenvalue weighted by molar-refractivity contribution is -0.146. The van der Waals surface area contributed by atoms with Crippen LogP contribution in [0.1, 0.15) is 43.0 Å². The van der Waals surface area contributed by atoms with E-state index in [9.17, 15) is 14.7 Å². The van der Waals surface area contributed by atoms with E-state index < -0.39 is 31.6 Å². The molecule has 0 bridgehead atoms. The highest BCUT2D eigenvalue weighted by Crippen LogP contribution is 2.60. The maximum absolute atomic E-state index is 16.1. The molecule has 3 aliphatic rings. The number of amides is 2. The quantitative estimate of drug-likeness (QED) is 0.216. The van der Waals surface area contributed by atoms with E-state index in [1.165, 1.54) is 0 Å². The van der Waals surface area contributed by atoms with E-state index in [4.69, 9.17) is 16.3 Å². The highest BCUT2D eigenvalue weighted by Gasteiger charge is 2.66. The molecule has 0 unspecified atom stereocenters. The molecular formula is C32H40ClFN6O4Si. The molecule has 3 aromatic rings. The fraction of sp³-hybridized carbons (Fsp3) is 0.500. The molecule has 4 heterocycles. The van der Waals surface area contributed by atoms with Gasteiger partial charge in [-0.25, -0.2) is 0 Å². The first-order chi connectivity index (χ1) is 21.5. The largest absolute Gasteiger partial charge is 0.396 e. The van der Waals surface area contributed by atoms with Crippen molar-refractivity contribution in [1.82, 2.24) is 20.3 Å². The summed E-state index contributed by atoms with van der Waals surface area (Å²) in [4.78, 5) is 28.8. The number of anilines is 2. The number of ether oxygens (including phenoxy) is 1. The SMILES string of the molecule is C[C@@H]1[C@@H]([Si](C)(C)F)[C@H](CCn2cc(CCO)nn2)O[C@@]12C(=O)N(Cc1ccc(NC(=O)[C@H]3CCCN3)cc1)c1ccc(Cl)cc12. The fourth-order valence-electron chi connectivity index (χ4n) is 7.40. The number of rotatable bonds is 10. The van der Waals surface area contributed by atoms with Crippen molar-refractivity contribution in [2.45, 2.75) is 82.1 Å². The third kappa shape index (κ3) is 6.06. The summed E-state index contributed by atoms with van der Waals surface area (Å²) in [6, 6.07) is 12.7. The molecule has 240 valence electrons. The second kappa shape index (κ2) is 12.6. The summed E-state index contributed by atoms with van der Waals surface area (Å²) in [5.74, 6) is -0.715. The molecule has 2 fully saturated rings. The van der Waals surface area contributed by atoms with Gasteiger partial charge in [0.15, 0.2) is 5.60 Å². The van der Waals surface area contributed by atoms with Crippen molar-refractivity contribution < 1.29 is 23.5 Å². The van der Waals surface area contributed by atoms with Crippen LogP contribution in [0.15, 0.2) is 48.7 Å². The van der Waals surface area contributed by atoms with Gasteiger partial charge in [0.05, 0.1) is 30.1 Å². The van der Waals surface area contributed by atoms with Gasteiger partial charge in [0.1, 0.15) is 0 Å². The number of carbonyl (C=O) groups excluding carboxylic acids is 2. The number of hydrogen-bond donors (Lipinski definition) is 3. The standard InChI is InChI=1S/C32H40ClFN6O4Si/c1-20-29(45(2,3)34)28(12-15-39-19-24(13-16-41)37-38-39)44-32(20)25-17-22(33)8-11-27(25)40(31(32)43)18-21-6-9-23(10-7-21)36-30(42)26-5-4-14-35-26/h6-11,17,19-20,26,28-29,35,41H,4-5,12-16,18H2,1-3H3,(H,36,42)/t20-,26-,28+,29-,32+/m1/s1. The van der Waals surface area contributed by atoms with Gasteiger partial charge in [-0.3, -0.25) is 14.3 Å². The number of carbonyl (C=O) groups is 2. The predicted octanol–water partition coefficient (Wildman–Crippen LogP) is 4.57. The summed E-state index contributed by atoms with van der Waals surface area (Å²) in [5, 5.41) is 24.1. The molecule has 2 amide bonds. The van der Waals surface area contributed by atoms with Crippen molar-refractivity contribution in [3.63, 3.8) is 0 Å². The Morgan fingerprint density at radius 2 is 2.04 bits per heavy atom. The van der Waals surface area contributed by atoms with E-state index >= 15 is 4.11 Å². The second-order valence-electron chi connectivity index (χ2n) is 12.9. The number of benzene rings is 2. The molecular weight excluding hydrogens is 615 g/mol. The van der Waals surface area contributed by atoms with E-state index in [1.54, 1.807) is 41.0 Å². The lowest BCUT2D eigenvalue weighted by Crippen LogP contribution is -2.45. The number of fused-ring (bicyclic) bond motifs is 2. The topological polar surface area (TPSA) is 122 Å². The highest BCUT2D eigenvalue weighted by atomic mass is 35.5. The van der Waals surface area contributed by atoms with Crippen LogP contribution in [0.2, 0.25) is 23.7 Å². The van der Waals surface area contributed by atoms with Gasteiger partial charge in [-0.15, -0.1) is 5.10 Å². The fourth-order valence-corrected chi connectivity index (χ4v) is 10.1. The van der Waals surface area contributed by atoms with Crippen molar-refractivity contribution in [3.05, 3.63) is 70.5 Å². The Morgan fingerprint density at radius 1 is 1.27 bits per heavy atom. The van der Waals surface area contributed by atoms with Crippen LogP contribution in [0.5, 0.6) is 0 Å². The summed E-state index contributed by atoms with van der Waals surface area (Å²) >= 11 is 6.50. The zero-order valence-corrected chi connectivity index (χ0v) is 27.6. The van der Waals surface area contributed by atoms with E-state index in [0.717, 1.165) is 24.9 Å². The normalized spacial score (nSPS) is 26.2. The van der Waals surface area contributed by atoms with Crippen molar-refractivity contribution in [2.75, 3.05) is 23.4 Å². The summed E-state index contributed by atoms with van der Waals surface area (Å²) in [5.41, 5.74) is 1.78. The van der Waals surface area contributed by atoms with E-state index in [2.05, 4.69) is 20.9 Å². The number of hydrogen-bond acceptors (Lipinski definition) is 7. The molecule has 45 heavy (non-hydrogen) atoms. The molecule has 1 aromatic heterocycles. The average Bonchev–Trinajstić information content (AvgIpc) is 3.78. The number of halogens is 2. The number of aromatic nitrogens is 3. The number of aryl methyl sites for hydroxylation is 1. The Labute approximate surface area is 268 Å². The van der Waals surface area contributed by atoms with Crippen LogP contribution >= 0.6 is 11.6 Å². The van der Waals surface area contributed by atoms with Crippen molar-refractivity contribution >= 4 is 43.2 Å². The van der Waals surface area contributed by atoms with Crippen molar-refractivity contribution in [1.29, 1.82) is 0 Å². The van der Waals surface area contributed by atoms with Crippen molar-refractivity contribution in [3.8, 4) is 0 Å². The molecule has 3 N–H and O–H groups in total. The van der Waals surface area contributed by atoms with Gasteiger partial charge >= 0.3 is 0 Å². The lowest BCUT2D eigenvalue weighted by atomic mass is 9.82. The molecule has 0 saturated carbocycles. The summed E-state index contributed by atoms with van der Waals surface area (Å²) in [7, 11) is -3.33. The molecule has 3 aliphatic heterocycles. The Balaban J connectivity index is 1.26. The van der Waals surface area contributed by atoms with Gasteiger partial charge < -0.3 is 29.5 Å². The van der Waals surface area contributed by atoms with Crippen LogP contribution < -0.4 is 15.5 Å². The summed E-state index contributed by atoms with van der Waals surface area (Å²) in [6.45, 7) is 6.83. The minimum atomic E-state index is -3.33. The Kier molecular flexibility index (Phi) is 8.88. The van der Waals surface area contributed by atoms with Crippen molar-refractivity contribution in [2.24, 2.45) is 5.92 Å². The third-order valence-corrected chi connectivity index (χ3v) is 12.2. The first-order valence-corrected chi connectivity index (χ1v) is 19.0. The van der Waals surface area contributed by atoms with Crippen LogP contribution in [0.4, 0.5) is 15.5 Å². The molecule has 2 saturated heterocycles. The molecule has 1 spiro atoms. The van der Waals surface area contributed by atoms with E-state index in [0.29, 0.717) is 47.0 Å². The predicted molar refractivity (Wildman–Crippen MR) is 172 cm³/mol. The molecule has 6 rings (SSSR count). The Hall–Kier alpha value is -3.16. The highest BCUT2D eigenvalue weighted by molar-refractivity contribution is 6.72. The number of nitrogens with one attached hydrogen (secondary N) is 2. The number of aliphatic hydroxyl groups is 1. The molecule has 0 aliphatic carbocycles. The summed E-state index contributed by atoms with van der Waals surface area (Å²) < 4.78 is 24.6. The van der Waals surface area contributed by atoms with Crippen LogP contribution in [0.3, 0.4) is 0 Å². The number of aliphatic hydroxyl groups excluding tert-OH is 1. The average molecular weight is 655 g/mol. The lowest BCUT2D eigenvalue weighted by Gasteiger charge is -2.31. The molecule has 5 atom stereocenters. The smallest absolute Gasteiger partial charge is 0.264 e. The van der Waals surface area contributed by atoms with Crippen LogP contribution in [0, 0.1) is 5.92 Å². The zero-order valence-electron chi connectivity index (χ0n) is 25.8. The minimum absolute atomic E-state index is 0.0202. The first-order valence-electron chi connectivity index (χ1n) is 15.6. The van der Waals surface area contributed by atoms with Gasteiger partial charge in [0.25, 0.3) is 5.91 Å². The maximum atomic E-state index is 16.1. The van der Waals surface area contributed by atoms with Crippen LogP contribution in [-0.4, -0.2) is 65.6 Å².